The fourth-order valence-corrected chi connectivity index (χ4v) is 6.47. The topological polar surface area (TPSA) is 84.6 Å². The van der Waals surface area contributed by atoms with Gasteiger partial charge in [-0.25, -0.2) is 14.4 Å². The van der Waals surface area contributed by atoms with Crippen LogP contribution in [0.3, 0.4) is 0 Å². The SMILES string of the molecule is CO[C@@H]1CN(c2ncc(F)cn2)CC[C@@H]1C1C[C@H]2CC[C@@H](C1)N2[C@@H](C(N)=O)C1CC1. The number of aromatic nitrogens is 2. The van der Waals surface area contributed by atoms with Crippen LogP contribution in [0.15, 0.2) is 12.4 Å². The van der Waals surface area contributed by atoms with Crippen molar-refractivity contribution < 1.29 is 13.9 Å². The lowest BCUT2D eigenvalue weighted by Crippen LogP contribution is -2.57. The van der Waals surface area contributed by atoms with E-state index in [-0.39, 0.29) is 18.1 Å². The minimum Gasteiger partial charge on any atom is -0.379 e. The molecule has 6 atom stereocenters. The maximum Gasteiger partial charge on any atom is 0.235 e. The van der Waals surface area contributed by atoms with Crippen LogP contribution in [0, 0.1) is 23.6 Å². The average molecular weight is 418 g/mol. The second-order valence-corrected chi connectivity index (χ2v) is 9.62. The number of hydrogen-bond acceptors (Lipinski definition) is 6. The van der Waals surface area contributed by atoms with E-state index in [2.05, 4.69) is 19.8 Å². The number of rotatable bonds is 6. The summed E-state index contributed by atoms with van der Waals surface area (Å²) in [6.45, 7) is 1.59. The smallest absolute Gasteiger partial charge is 0.235 e. The van der Waals surface area contributed by atoms with Crippen LogP contribution in [0.4, 0.5) is 10.3 Å². The second kappa shape index (κ2) is 8.04. The first-order valence-electron chi connectivity index (χ1n) is 11.4. The normalized spacial score (nSPS) is 35.4. The van der Waals surface area contributed by atoms with Gasteiger partial charge in [0.25, 0.3) is 0 Å². The molecule has 164 valence electrons. The van der Waals surface area contributed by atoms with Crippen LogP contribution in [0.25, 0.3) is 0 Å². The minimum atomic E-state index is -0.417. The molecule has 4 heterocycles. The fraction of sp³-hybridized carbons (Fsp3) is 0.773. The Hall–Kier alpha value is -1.80. The molecule has 2 bridgehead atoms. The summed E-state index contributed by atoms with van der Waals surface area (Å²) in [6, 6.07) is 0.893. The summed E-state index contributed by atoms with van der Waals surface area (Å²) in [4.78, 5) is 25.1. The monoisotopic (exact) mass is 417 g/mol. The van der Waals surface area contributed by atoms with Gasteiger partial charge in [0.1, 0.15) is 0 Å². The zero-order valence-corrected chi connectivity index (χ0v) is 17.6. The van der Waals surface area contributed by atoms with Crippen molar-refractivity contribution in [2.24, 2.45) is 23.5 Å². The van der Waals surface area contributed by atoms with E-state index in [9.17, 15) is 9.18 Å². The van der Waals surface area contributed by atoms with E-state index in [0.29, 0.717) is 35.8 Å². The summed E-state index contributed by atoms with van der Waals surface area (Å²) in [6.07, 6.45) is 10.5. The van der Waals surface area contributed by atoms with Crippen LogP contribution < -0.4 is 10.6 Å². The van der Waals surface area contributed by atoms with Gasteiger partial charge >= 0.3 is 0 Å². The van der Waals surface area contributed by atoms with Crippen LogP contribution in [0.5, 0.6) is 0 Å². The summed E-state index contributed by atoms with van der Waals surface area (Å²) in [5.74, 6) is 1.60. The van der Waals surface area contributed by atoms with E-state index in [0.717, 1.165) is 45.2 Å². The van der Waals surface area contributed by atoms with Crippen LogP contribution in [-0.2, 0) is 9.53 Å². The lowest BCUT2D eigenvalue weighted by molar-refractivity contribution is -0.127. The minimum absolute atomic E-state index is 0.0563. The summed E-state index contributed by atoms with van der Waals surface area (Å²) in [5.41, 5.74) is 5.82. The molecule has 8 heteroatoms. The van der Waals surface area contributed by atoms with Crippen LogP contribution in [0.1, 0.15) is 44.9 Å². The largest absolute Gasteiger partial charge is 0.379 e. The molecule has 7 nitrogen and oxygen atoms in total. The molecule has 1 amide bonds. The molecular weight excluding hydrogens is 385 g/mol. The quantitative estimate of drug-likeness (QED) is 0.762. The molecule has 1 aromatic rings. The Kier molecular flexibility index (Phi) is 5.39. The average Bonchev–Trinajstić information content (AvgIpc) is 3.54. The maximum absolute atomic E-state index is 13.2. The molecule has 0 radical (unpaired) electrons. The number of anilines is 1. The van der Waals surface area contributed by atoms with Gasteiger partial charge in [0.05, 0.1) is 24.5 Å². The number of fused-ring (bicyclic) bond motifs is 2. The Morgan fingerprint density at radius 3 is 2.40 bits per heavy atom. The van der Waals surface area contributed by atoms with Gasteiger partial charge in [-0.15, -0.1) is 0 Å². The van der Waals surface area contributed by atoms with Crippen molar-refractivity contribution in [3.63, 3.8) is 0 Å². The highest BCUT2D eigenvalue weighted by Crippen LogP contribution is 2.48. The highest BCUT2D eigenvalue weighted by molar-refractivity contribution is 5.80. The van der Waals surface area contributed by atoms with Gasteiger partial charge in [0.2, 0.25) is 11.9 Å². The van der Waals surface area contributed by atoms with E-state index in [1.165, 1.54) is 25.2 Å². The fourth-order valence-electron chi connectivity index (χ4n) is 6.47. The first-order valence-corrected chi connectivity index (χ1v) is 11.4. The Morgan fingerprint density at radius 2 is 1.83 bits per heavy atom. The highest BCUT2D eigenvalue weighted by atomic mass is 19.1. The zero-order chi connectivity index (χ0) is 20.8. The van der Waals surface area contributed by atoms with Gasteiger partial charge in [0, 0.05) is 32.3 Å². The van der Waals surface area contributed by atoms with Crippen molar-refractivity contribution in [2.45, 2.75) is 69.2 Å². The number of methoxy groups -OCH3 is 1. The Balaban J connectivity index is 1.26. The maximum atomic E-state index is 13.2. The molecule has 1 saturated carbocycles. The molecule has 30 heavy (non-hydrogen) atoms. The molecule has 4 fully saturated rings. The molecule has 5 rings (SSSR count). The number of nitrogens with two attached hydrogens (primary N) is 1. The molecular formula is C22H32FN5O2. The number of carbonyl (C=O) groups is 1. The molecule has 1 unspecified atom stereocenters. The number of halogens is 1. The van der Waals surface area contributed by atoms with Gasteiger partial charge in [-0.05, 0) is 62.7 Å². The zero-order valence-electron chi connectivity index (χ0n) is 17.6. The molecule has 0 spiro atoms. The number of carbonyl (C=O) groups excluding carboxylic acids is 1. The Labute approximate surface area is 177 Å². The third-order valence-electron chi connectivity index (χ3n) is 7.92. The molecule has 0 aromatic carbocycles. The number of hydrogen-bond donors (Lipinski definition) is 1. The number of primary amides is 1. The number of amides is 1. The number of nitrogens with zero attached hydrogens (tertiary/aromatic N) is 4. The van der Waals surface area contributed by atoms with Crippen LogP contribution in [-0.4, -0.2) is 65.2 Å². The van der Waals surface area contributed by atoms with Crippen molar-refractivity contribution in [1.29, 1.82) is 0 Å². The molecule has 2 N–H and O–H groups in total. The van der Waals surface area contributed by atoms with E-state index in [4.69, 9.17) is 10.5 Å². The van der Waals surface area contributed by atoms with Gasteiger partial charge in [-0.3, -0.25) is 9.69 Å². The van der Waals surface area contributed by atoms with Crippen molar-refractivity contribution in [3.8, 4) is 0 Å². The van der Waals surface area contributed by atoms with Crippen molar-refractivity contribution in [2.75, 3.05) is 25.1 Å². The molecule has 3 saturated heterocycles. The van der Waals surface area contributed by atoms with Gasteiger partial charge in [-0.2, -0.15) is 0 Å². The first kappa shape index (κ1) is 20.1. The molecule has 3 aliphatic heterocycles. The van der Waals surface area contributed by atoms with Gasteiger partial charge in [0.15, 0.2) is 5.82 Å². The highest BCUT2D eigenvalue weighted by Gasteiger charge is 2.51. The van der Waals surface area contributed by atoms with E-state index >= 15 is 0 Å². The van der Waals surface area contributed by atoms with Crippen molar-refractivity contribution in [3.05, 3.63) is 18.2 Å². The van der Waals surface area contributed by atoms with Gasteiger partial charge < -0.3 is 15.4 Å². The lowest BCUT2D eigenvalue weighted by Gasteiger charge is -2.48. The lowest BCUT2D eigenvalue weighted by atomic mass is 9.74. The second-order valence-electron chi connectivity index (χ2n) is 9.62. The van der Waals surface area contributed by atoms with Crippen LogP contribution >= 0.6 is 0 Å². The summed E-state index contributed by atoms with van der Waals surface area (Å²) in [7, 11) is 1.78. The molecule has 4 aliphatic rings. The Morgan fingerprint density at radius 1 is 1.17 bits per heavy atom. The van der Waals surface area contributed by atoms with E-state index in [1.54, 1.807) is 7.11 Å². The summed E-state index contributed by atoms with van der Waals surface area (Å²) >= 11 is 0. The molecule has 1 aliphatic carbocycles. The third kappa shape index (κ3) is 3.68. The van der Waals surface area contributed by atoms with Crippen molar-refractivity contribution in [1.82, 2.24) is 14.9 Å². The first-order chi connectivity index (χ1) is 14.5. The number of ether oxygens (including phenoxy) is 1. The van der Waals surface area contributed by atoms with E-state index in [1.807, 2.05) is 0 Å². The van der Waals surface area contributed by atoms with Crippen LogP contribution in [0.2, 0.25) is 0 Å². The summed E-state index contributed by atoms with van der Waals surface area (Å²) < 4.78 is 19.1. The van der Waals surface area contributed by atoms with Crippen molar-refractivity contribution >= 4 is 11.9 Å². The van der Waals surface area contributed by atoms with Gasteiger partial charge in [-0.1, -0.05) is 0 Å². The predicted molar refractivity (Wildman–Crippen MR) is 110 cm³/mol. The number of piperidine rings is 2. The predicted octanol–water partition coefficient (Wildman–Crippen LogP) is 1.96. The molecule has 1 aromatic heterocycles. The standard InChI is InChI=1S/C22H32FN5O2/c1-30-19-12-27(22-25-10-15(23)11-26-22)7-6-18(19)14-8-16-4-5-17(9-14)28(16)20(21(24)29)13-2-3-13/h10-11,13-14,16-20H,2-9,12H2,1H3,(H2,24,29)/t14?,16-,17+,18-,19-,20-/m1/s1. The summed E-state index contributed by atoms with van der Waals surface area (Å²) in [5, 5.41) is 0. The van der Waals surface area contributed by atoms with E-state index < -0.39 is 5.82 Å². The Bertz CT molecular complexity index is 759. The third-order valence-corrected chi connectivity index (χ3v) is 7.92.